The average molecular weight is 666 g/mol. The van der Waals surface area contributed by atoms with Crippen LogP contribution in [0.2, 0.25) is 0 Å². The fourth-order valence-corrected chi connectivity index (χ4v) is 8.59. The molecule has 1 amide bonds. The Morgan fingerprint density at radius 3 is 2.46 bits per heavy atom. The summed E-state index contributed by atoms with van der Waals surface area (Å²) in [7, 11) is 3.99. The third-order valence-electron chi connectivity index (χ3n) is 11.0. The number of aromatic nitrogens is 4. The van der Waals surface area contributed by atoms with Crippen molar-refractivity contribution in [1.29, 1.82) is 0 Å². The van der Waals surface area contributed by atoms with Crippen LogP contribution in [-0.2, 0) is 31.7 Å². The van der Waals surface area contributed by atoms with Gasteiger partial charge in [-0.25, -0.2) is 0 Å². The van der Waals surface area contributed by atoms with E-state index in [-0.39, 0.29) is 29.8 Å². The van der Waals surface area contributed by atoms with E-state index in [1.165, 1.54) is 11.0 Å². The predicted molar refractivity (Wildman–Crippen MR) is 176 cm³/mol. The molecular weight excluding hydrogens is 619 g/mol. The highest BCUT2D eigenvalue weighted by Gasteiger charge is 2.49. The predicted octanol–water partition coefficient (Wildman–Crippen LogP) is 6.20. The molecule has 1 atom stereocenters. The maximum absolute atomic E-state index is 14.7. The van der Waals surface area contributed by atoms with Crippen LogP contribution in [0.4, 0.5) is 19.0 Å². The van der Waals surface area contributed by atoms with Crippen molar-refractivity contribution in [2.45, 2.75) is 96.1 Å². The summed E-state index contributed by atoms with van der Waals surface area (Å²) in [5.74, 6) is 1.82. The summed E-state index contributed by atoms with van der Waals surface area (Å²) in [4.78, 5) is 24.9. The van der Waals surface area contributed by atoms with Crippen molar-refractivity contribution >= 4 is 11.7 Å². The van der Waals surface area contributed by atoms with Crippen LogP contribution in [0.1, 0.15) is 97.7 Å². The standard InChI is InChI=1S/C36H46F3N7O2/c1-22(2)30-20-43(4)10-11-45(30)18-24-12-27-28(29(13-24)36(37,38)39)19-46(33(27)47)31-14-25(15-32(41-31)48-26-8-6-7-9-26)35(16-23(3)17-35)34-42-40-21-44(34)5/h12-15,21-23,26,30H,6-11,16-20H2,1-5H3. The molecule has 3 fully saturated rings. The van der Waals surface area contributed by atoms with Gasteiger partial charge in [-0.3, -0.25) is 14.6 Å². The topological polar surface area (TPSA) is 79.6 Å². The molecule has 2 aliphatic heterocycles. The molecule has 0 radical (unpaired) electrons. The Labute approximate surface area is 280 Å². The number of anilines is 1. The van der Waals surface area contributed by atoms with Gasteiger partial charge in [0, 0.05) is 50.9 Å². The van der Waals surface area contributed by atoms with Crippen molar-refractivity contribution in [3.05, 3.63) is 64.2 Å². The normalized spacial score (nSPS) is 25.6. The van der Waals surface area contributed by atoms with Crippen LogP contribution in [0.25, 0.3) is 0 Å². The molecule has 3 aromatic rings. The lowest BCUT2D eigenvalue weighted by Gasteiger charge is -2.46. The quantitative estimate of drug-likeness (QED) is 0.284. The number of rotatable bonds is 8. The number of halogens is 3. The molecule has 4 aliphatic rings. The van der Waals surface area contributed by atoms with Crippen molar-refractivity contribution in [2.24, 2.45) is 18.9 Å². The molecule has 12 heteroatoms. The molecule has 4 heterocycles. The number of alkyl halides is 3. The minimum absolute atomic E-state index is 0.000724. The van der Waals surface area contributed by atoms with Gasteiger partial charge in [0.15, 0.2) is 0 Å². The monoisotopic (exact) mass is 665 g/mol. The molecule has 0 bridgehead atoms. The van der Waals surface area contributed by atoms with Gasteiger partial charge >= 0.3 is 6.18 Å². The Bertz CT molecular complexity index is 1680. The fourth-order valence-electron chi connectivity index (χ4n) is 8.59. The molecule has 2 aromatic heterocycles. The number of hydrogen-bond donors (Lipinski definition) is 0. The number of nitrogens with zero attached hydrogens (tertiary/aromatic N) is 7. The van der Waals surface area contributed by atoms with E-state index in [9.17, 15) is 18.0 Å². The highest BCUT2D eigenvalue weighted by atomic mass is 19.4. The molecule has 0 spiro atoms. The Kier molecular flexibility index (Phi) is 8.55. The van der Waals surface area contributed by atoms with E-state index in [0.717, 1.165) is 69.5 Å². The summed E-state index contributed by atoms with van der Waals surface area (Å²) in [6.07, 6.45) is 2.73. The first kappa shape index (κ1) is 33.0. The molecule has 0 N–H and O–H groups in total. The van der Waals surface area contributed by atoms with Crippen molar-refractivity contribution in [3.8, 4) is 5.88 Å². The van der Waals surface area contributed by atoms with Gasteiger partial charge in [-0.1, -0.05) is 20.8 Å². The number of aryl methyl sites for hydroxylation is 1. The van der Waals surface area contributed by atoms with Gasteiger partial charge in [-0.15, -0.1) is 10.2 Å². The second kappa shape index (κ2) is 12.4. The summed E-state index contributed by atoms with van der Waals surface area (Å²) in [5, 5.41) is 8.64. The third-order valence-corrected chi connectivity index (χ3v) is 11.0. The van der Waals surface area contributed by atoms with E-state index in [4.69, 9.17) is 9.72 Å². The van der Waals surface area contributed by atoms with E-state index >= 15 is 0 Å². The molecule has 7 rings (SSSR count). The molecule has 2 aliphatic carbocycles. The maximum atomic E-state index is 14.7. The van der Waals surface area contributed by atoms with E-state index in [0.29, 0.717) is 35.6 Å². The first-order valence-corrected chi connectivity index (χ1v) is 17.3. The first-order chi connectivity index (χ1) is 22.8. The third kappa shape index (κ3) is 5.99. The molecule has 2 saturated carbocycles. The zero-order valence-corrected chi connectivity index (χ0v) is 28.6. The van der Waals surface area contributed by atoms with Crippen molar-refractivity contribution in [1.82, 2.24) is 29.5 Å². The van der Waals surface area contributed by atoms with Crippen LogP contribution in [-0.4, -0.2) is 74.3 Å². The highest BCUT2D eigenvalue weighted by Crippen LogP contribution is 2.53. The molecular formula is C36H46F3N7O2. The lowest BCUT2D eigenvalue weighted by Crippen LogP contribution is -2.53. The van der Waals surface area contributed by atoms with Crippen molar-refractivity contribution in [3.63, 3.8) is 0 Å². The molecule has 1 saturated heterocycles. The number of carbonyl (C=O) groups excluding carboxylic acids is 1. The number of carbonyl (C=O) groups is 1. The Balaban J connectivity index is 1.27. The summed E-state index contributed by atoms with van der Waals surface area (Å²) in [6, 6.07) is 6.94. The van der Waals surface area contributed by atoms with Crippen LogP contribution >= 0.6 is 0 Å². The largest absolute Gasteiger partial charge is 0.474 e. The van der Waals surface area contributed by atoms with Gasteiger partial charge < -0.3 is 14.2 Å². The van der Waals surface area contributed by atoms with E-state index in [2.05, 4.69) is 47.8 Å². The number of fused-ring (bicyclic) bond motifs is 1. The molecule has 1 unspecified atom stereocenters. The number of pyridine rings is 1. The molecule has 9 nitrogen and oxygen atoms in total. The lowest BCUT2D eigenvalue weighted by atomic mass is 9.58. The number of piperazine rings is 1. The Hall–Kier alpha value is -3.51. The lowest BCUT2D eigenvalue weighted by molar-refractivity contribution is -0.138. The zero-order valence-electron chi connectivity index (χ0n) is 28.6. The van der Waals surface area contributed by atoms with Crippen LogP contribution in [0.15, 0.2) is 30.6 Å². The van der Waals surface area contributed by atoms with E-state index in [1.54, 1.807) is 12.4 Å². The minimum Gasteiger partial charge on any atom is -0.474 e. The van der Waals surface area contributed by atoms with Gasteiger partial charge in [0.05, 0.1) is 17.5 Å². The van der Waals surface area contributed by atoms with E-state index < -0.39 is 23.1 Å². The smallest absolute Gasteiger partial charge is 0.416 e. The highest BCUT2D eigenvalue weighted by molar-refractivity contribution is 6.10. The maximum Gasteiger partial charge on any atom is 0.416 e. The molecule has 1 aromatic carbocycles. The van der Waals surface area contributed by atoms with Crippen LogP contribution in [0, 0.1) is 11.8 Å². The zero-order chi connectivity index (χ0) is 34.0. The van der Waals surface area contributed by atoms with Gasteiger partial charge in [0.2, 0.25) is 5.88 Å². The number of amides is 1. The number of hydrogen-bond acceptors (Lipinski definition) is 7. The van der Waals surface area contributed by atoms with Crippen LogP contribution in [0.5, 0.6) is 5.88 Å². The van der Waals surface area contributed by atoms with Crippen LogP contribution < -0.4 is 9.64 Å². The number of benzene rings is 1. The number of likely N-dealkylation sites (N-methyl/N-ethyl adjacent to an activating group) is 1. The summed E-state index contributed by atoms with van der Waals surface area (Å²) in [6.45, 7) is 9.07. The SMILES string of the molecule is CC1CC(c2cc(OC3CCCC3)nc(N3Cc4c(cc(CN5CCN(C)CC5C(C)C)cc4C(F)(F)F)C3=O)c2)(c2nncn2C)C1. The van der Waals surface area contributed by atoms with Crippen molar-refractivity contribution < 1.29 is 22.7 Å². The summed E-state index contributed by atoms with van der Waals surface area (Å²) < 4.78 is 52.5. The summed E-state index contributed by atoms with van der Waals surface area (Å²) in [5.41, 5.74) is 0.281. The van der Waals surface area contributed by atoms with Crippen molar-refractivity contribution in [2.75, 3.05) is 31.6 Å². The van der Waals surface area contributed by atoms with E-state index in [1.807, 2.05) is 23.7 Å². The Morgan fingerprint density at radius 1 is 1.06 bits per heavy atom. The fraction of sp³-hybridized carbons (Fsp3) is 0.611. The minimum atomic E-state index is -4.61. The second-order valence-electron chi connectivity index (χ2n) is 15.0. The second-order valence-corrected chi connectivity index (χ2v) is 15.0. The van der Waals surface area contributed by atoms with Gasteiger partial charge in [-0.05, 0) is 92.3 Å². The molecule has 48 heavy (non-hydrogen) atoms. The number of ether oxygens (including phenoxy) is 1. The summed E-state index contributed by atoms with van der Waals surface area (Å²) >= 11 is 0. The van der Waals surface area contributed by atoms with Gasteiger partial charge in [0.1, 0.15) is 24.1 Å². The average Bonchev–Trinajstić information content (AvgIpc) is 3.76. The van der Waals surface area contributed by atoms with Crippen LogP contribution in [0.3, 0.4) is 0 Å². The Morgan fingerprint density at radius 2 is 1.81 bits per heavy atom. The van der Waals surface area contributed by atoms with Gasteiger partial charge in [-0.2, -0.15) is 18.2 Å². The molecule has 258 valence electrons. The van der Waals surface area contributed by atoms with Gasteiger partial charge in [0.25, 0.3) is 5.91 Å². The first-order valence-electron chi connectivity index (χ1n) is 17.3.